The van der Waals surface area contributed by atoms with Gasteiger partial charge in [0.2, 0.25) is 0 Å². The van der Waals surface area contributed by atoms with Gasteiger partial charge in [0, 0.05) is 12.3 Å². The molecule has 0 bridgehead atoms. The molecule has 0 saturated carbocycles. The fourth-order valence-corrected chi connectivity index (χ4v) is 1.34. The normalized spacial score (nSPS) is 10.7. The highest BCUT2D eigenvalue weighted by Crippen LogP contribution is 1.97. The van der Waals surface area contributed by atoms with Gasteiger partial charge in [0.1, 0.15) is 5.65 Å². The molecule has 0 fully saturated rings. The summed E-state index contributed by atoms with van der Waals surface area (Å²) in [6.07, 6.45) is 1.69. The van der Waals surface area contributed by atoms with Gasteiger partial charge in [-0.15, -0.1) is 0 Å². The van der Waals surface area contributed by atoms with Crippen molar-refractivity contribution in [1.82, 2.24) is 14.9 Å². The first-order valence-electron chi connectivity index (χ1n) is 4.54. The number of nitrogens with zero attached hydrogens (tertiary/aromatic N) is 2. The molecule has 2 rings (SSSR count). The van der Waals surface area contributed by atoms with Crippen LogP contribution in [0.2, 0.25) is 0 Å². The van der Waals surface area contributed by atoms with Crippen molar-refractivity contribution in [3.63, 3.8) is 0 Å². The molecule has 0 radical (unpaired) electrons. The average Bonchev–Trinajstić information content (AvgIpc) is 2.26. The molecular weight excluding hydrogens is 194 g/mol. The van der Waals surface area contributed by atoms with Crippen LogP contribution in [0.3, 0.4) is 0 Å². The van der Waals surface area contributed by atoms with E-state index in [0.717, 1.165) is 0 Å². The number of hydrogen-bond acceptors (Lipinski definition) is 4. The molecule has 2 aromatic rings. The number of fused-ring (bicyclic) bond motifs is 1. The van der Waals surface area contributed by atoms with Crippen molar-refractivity contribution in [3.05, 3.63) is 46.5 Å². The van der Waals surface area contributed by atoms with Crippen LogP contribution in [0, 0.1) is 0 Å². The van der Waals surface area contributed by atoms with Crippen LogP contribution in [-0.4, -0.2) is 16.5 Å². The Balaban J connectivity index is 2.48. The molecule has 0 aliphatic rings. The fraction of sp³-hybridized carbons (Fsp3) is 0.200. The van der Waals surface area contributed by atoms with Crippen molar-refractivity contribution in [2.24, 2.45) is 0 Å². The van der Waals surface area contributed by atoms with Gasteiger partial charge in [0.15, 0.2) is 0 Å². The molecule has 0 atom stereocenters. The van der Waals surface area contributed by atoms with E-state index in [2.05, 4.69) is 10.5 Å². The monoisotopic (exact) mass is 205 g/mol. The maximum atomic E-state index is 11.6. The molecule has 5 heteroatoms. The predicted molar refractivity (Wildman–Crippen MR) is 55.3 cm³/mol. The highest BCUT2D eigenvalue weighted by atomic mass is 16.6. The Morgan fingerprint density at radius 2 is 2.40 bits per heavy atom. The van der Waals surface area contributed by atoms with Gasteiger partial charge in [-0.05, 0) is 12.1 Å². The third-order valence-electron chi connectivity index (χ3n) is 2.02. The lowest BCUT2D eigenvalue weighted by Crippen LogP contribution is -2.19. The molecule has 0 spiro atoms. The first kappa shape index (κ1) is 9.82. The summed E-state index contributed by atoms with van der Waals surface area (Å²) in [5.41, 5.74) is 3.85. The quantitative estimate of drug-likeness (QED) is 0.734. The molecule has 2 heterocycles. The minimum Gasteiger partial charge on any atom is -0.305 e. The van der Waals surface area contributed by atoms with Crippen LogP contribution >= 0.6 is 0 Å². The van der Waals surface area contributed by atoms with Crippen LogP contribution in [0.25, 0.3) is 5.65 Å². The molecule has 0 saturated heterocycles. The Morgan fingerprint density at radius 1 is 1.53 bits per heavy atom. The summed E-state index contributed by atoms with van der Waals surface area (Å²) in [5.74, 6) is 0. The van der Waals surface area contributed by atoms with Gasteiger partial charge in [-0.1, -0.05) is 6.07 Å². The minimum absolute atomic E-state index is 0.0893. The van der Waals surface area contributed by atoms with Gasteiger partial charge in [-0.3, -0.25) is 9.20 Å². The van der Waals surface area contributed by atoms with Gasteiger partial charge in [0.05, 0.1) is 19.3 Å². The summed E-state index contributed by atoms with van der Waals surface area (Å²) in [5, 5.41) is 0. The van der Waals surface area contributed by atoms with Crippen molar-refractivity contribution in [2.45, 2.75) is 6.54 Å². The second kappa shape index (κ2) is 4.20. The second-order valence-corrected chi connectivity index (χ2v) is 3.04. The van der Waals surface area contributed by atoms with Crippen molar-refractivity contribution < 1.29 is 4.84 Å². The number of rotatable bonds is 3. The van der Waals surface area contributed by atoms with Gasteiger partial charge >= 0.3 is 0 Å². The van der Waals surface area contributed by atoms with Crippen LogP contribution in [0.5, 0.6) is 0 Å². The van der Waals surface area contributed by atoms with E-state index in [9.17, 15) is 4.79 Å². The molecule has 0 aromatic carbocycles. The van der Waals surface area contributed by atoms with E-state index in [-0.39, 0.29) is 5.56 Å². The molecule has 0 aliphatic heterocycles. The van der Waals surface area contributed by atoms with Crippen LogP contribution in [-0.2, 0) is 11.4 Å². The van der Waals surface area contributed by atoms with Crippen LogP contribution < -0.4 is 11.0 Å². The summed E-state index contributed by atoms with van der Waals surface area (Å²) >= 11 is 0. The van der Waals surface area contributed by atoms with E-state index in [1.54, 1.807) is 18.3 Å². The van der Waals surface area contributed by atoms with Gasteiger partial charge < -0.3 is 4.84 Å². The van der Waals surface area contributed by atoms with E-state index in [1.807, 2.05) is 6.07 Å². The Morgan fingerprint density at radius 3 is 3.20 bits per heavy atom. The zero-order chi connectivity index (χ0) is 10.7. The molecule has 0 aliphatic carbocycles. The van der Waals surface area contributed by atoms with E-state index in [4.69, 9.17) is 4.84 Å². The lowest BCUT2D eigenvalue weighted by atomic mass is 10.4. The smallest absolute Gasteiger partial charge is 0.258 e. The number of aromatic nitrogens is 2. The minimum atomic E-state index is -0.0893. The van der Waals surface area contributed by atoms with Gasteiger partial charge in [-0.2, -0.15) is 5.48 Å². The molecule has 78 valence electrons. The zero-order valence-corrected chi connectivity index (χ0v) is 8.30. The molecule has 0 amide bonds. The molecule has 1 N–H and O–H groups in total. The molecular formula is C10H11N3O2. The number of nitrogens with one attached hydrogen (secondary N) is 1. The van der Waals surface area contributed by atoms with Gasteiger partial charge in [0.25, 0.3) is 5.56 Å². The van der Waals surface area contributed by atoms with Crippen LogP contribution in [0.4, 0.5) is 0 Å². The maximum Gasteiger partial charge on any atom is 0.258 e. The molecule has 2 aromatic heterocycles. The van der Waals surface area contributed by atoms with Crippen molar-refractivity contribution >= 4 is 5.65 Å². The first-order chi connectivity index (χ1) is 7.31. The molecule has 15 heavy (non-hydrogen) atoms. The van der Waals surface area contributed by atoms with E-state index in [1.165, 1.54) is 17.6 Å². The zero-order valence-electron chi connectivity index (χ0n) is 8.30. The summed E-state index contributed by atoms with van der Waals surface area (Å²) in [6, 6.07) is 6.91. The lowest BCUT2D eigenvalue weighted by Gasteiger charge is -2.03. The summed E-state index contributed by atoms with van der Waals surface area (Å²) in [4.78, 5) is 20.6. The lowest BCUT2D eigenvalue weighted by molar-refractivity contribution is 0.0858. The maximum absolute atomic E-state index is 11.6. The largest absolute Gasteiger partial charge is 0.305 e. The van der Waals surface area contributed by atoms with Gasteiger partial charge in [-0.25, -0.2) is 4.98 Å². The Kier molecular flexibility index (Phi) is 2.75. The molecule has 0 unspecified atom stereocenters. The Labute approximate surface area is 86.3 Å². The number of pyridine rings is 1. The topological polar surface area (TPSA) is 55.6 Å². The standard InChI is InChI=1S/C10H11N3O2/c1-15-11-7-8-6-10(14)13-5-3-2-4-9(13)12-8/h2-6,11H,7H2,1H3. The third kappa shape index (κ3) is 2.03. The predicted octanol–water partition coefficient (Wildman–Crippen LogP) is 0.345. The van der Waals surface area contributed by atoms with Crippen LogP contribution in [0.15, 0.2) is 35.3 Å². The first-order valence-corrected chi connectivity index (χ1v) is 4.54. The summed E-state index contributed by atoms with van der Waals surface area (Å²) < 4.78 is 1.50. The van der Waals surface area contributed by atoms with E-state index < -0.39 is 0 Å². The Bertz CT molecular complexity index is 521. The molecule has 5 nitrogen and oxygen atoms in total. The summed E-state index contributed by atoms with van der Waals surface area (Å²) in [6.45, 7) is 0.414. The highest BCUT2D eigenvalue weighted by molar-refractivity contribution is 5.37. The van der Waals surface area contributed by atoms with E-state index >= 15 is 0 Å². The summed E-state index contributed by atoms with van der Waals surface area (Å²) in [7, 11) is 1.52. The number of hydrogen-bond donors (Lipinski definition) is 1. The second-order valence-electron chi connectivity index (χ2n) is 3.04. The van der Waals surface area contributed by atoms with Crippen molar-refractivity contribution in [3.8, 4) is 0 Å². The van der Waals surface area contributed by atoms with Crippen LogP contribution in [0.1, 0.15) is 5.69 Å². The van der Waals surface area contributed by atoms with Crippen molar-refractivity contribution in [1.29, 1.82) is 0 Å². The highest BCUT2D eigenvalue weighted by Gasteiger charge is 2.00. The number of hydroxylamine groups is 1. The van der Waals surface area contributed by atoms with Crippen molar-refractivity contribution in [2.75, 3.05) is 7.11 Å². The SMILES string of the molecule is CONCc1cc(=O)n2ccccc2n1. The Hall–Kier alpha value is -1.72. The fourth-order valence-electron chi connectivity index (χ4n) is 1.34. The van der Waals surface area contributed by atoms with E-state index in [0.29, 0.717) is 17.9 Å². The third-order valence-corrected chi connectivity index (χ3v) is 2.02. The average molecular weight is 205 g/mol.